The van der Waals surface area contributed by atoms with E-state index in [1.54, 1.807) is 11.3 Å². The van der Waals surface area contributed by atoms with Crippen LogP contribution in [0.3, 0.4) is 0 Å². The van der Waals surface area contributed by atoms with Gasteiger partial charge in [0.15, 0.2) is 0 Å². The van der Waals surface area contributed by atoms with Gasteiger partial charge in [0, 0.05) is 24.6 Å². The van der Waals surface area contributed by atoms with E-state index < -0.39 is 5.41 Å². The van der Waals surface area contributed by atoms with Crippen LogP contribution in [0.25, 0.3) is 0 Å². The average Bonchev–Trinajstić information content (AvgIpc) is 3.05. The van der Waals surface area contributed by atoms with Crippen molar-refractivity contribution in [3.8, 4) is 0 Å². The zero-order chi connectivity index (χ0) is 21.0. The first-order valence-electron chi connectivity index (χ1n) is 11.8. The number of ether oxygens (including phenoxy) is 2. The Morgan fingerprint density at radius 3 is 2.70 bits per heavy atom. The summed E-state index contributed by atoms with van der Waals surface area (Å²) in [7, 11) is 0. The molecule has 0 radical (unpaired) electrons. The van der Waals surface area contributed by atoms with E-state index in [1.807, 2.05) is 11.8 Å². The minimum atomic E-state index is -0.512. The van der Waals surface area contributed by atoms with Gasteiger partial charge in [-0.15, -0.1) is 11.3 Å². The van der Waals surface area contributed by atoms with E-state index in [-0.39, 0.29) is 18.0 Å². The van der Waals surface area contributed by atoms with Crippen LogP contribution in [0, 0.1) is 5.41 Å². The largest absolute Gasteiger partial charge is 0.466 e. The monoisotopic (exact) mass is 433 g/mol. The molecule has 1 unspecified atom stereocenters. The molecule has 3 aliphatic rings. The number of carbonyl (C=O) groups is 2. The number of piperidine rings is 1. The van der Waals surface area contributed by atoms with Gasteiger partial charge in [0.25, 0.3) is 5.91 Å². The highest BCUT2D eigenvalue weighted by molar-refractivity contribution is 7.14. The second kappa shape index (κ2) is 9.82. The minimum Gasteiger partial charge on any atom is -0.466 e. The third kappa shape index (κ3) is 4.75. The van der Waals surface area contributed by atoms with Crippen molar-refractivity contribution in [2.45, 2.75) is 83.7 Å². The summed E-state index contributed by atoms with van der Waals surface area (Å²) in [6.45, 7) is 4.29. The Bertz CT molecular complexity index is 721. The van der Waals surface area contributed by atoms with Crippen molar-refractivity contribution < 1.29 is 19.1 Å². The van der Waals surface area contributed by atoms with Crippen LogP contribution in [-0.2, 0) is 27.1 Å². The summed E-state index contributed by atoms with van der Waals surface area (Å²) < 4.78 is 11.4. The second-order valence-electron chi connectivity index (χ2n) is 9.11. The summed E-state index contributed by atoms with van der Waals surface area (Å²) in [6, 6.07) is 2.14. The number of thiophene rings is 1. The Balaban J connectivity index is 1.43. The molecule has 2 saturated heterocycles. The number of amides is 1. The van der Waals surface area contributed by atoms with Crippen LogP contribution in [0.15, 0.2) is 6.07 Å². The number of hydrogen-bond acceptors (Lipinski definition) is 5. The molecule has 1 aromatic heterocycles. The summed E-state index contributed by atoms with van der Waals surface area (Å²) in [4.78, 5) is 30.4. The first-order chi connectivity index (χ1) is 14.6. The van der Waals surface area contributed by atoms with Gasteiger partial charge in [-0.05, 0) is 82.8 Å². The SMILES string of the molecule is CCOC(=O)C1(CC2CCCCO2)CCN(C(=O)c2cc3c(s2)CCCCC3)CC1. The van der Waals surface area contributed by atoms with Gasteiger partial charge in [-0.1, -0.05) is 6.42 Å². The maximum absolute atomic E-state index is 13.2. The van der Waals surface area contributed by atoms with Crippen LogP contribution >= 0.6 is 11.3 Å². The van der Waals surface area contributed by atoms with E-state index in [1.165, 1.54) is 29.7 Å². The lowest BCUT2D eigenvalue weighted by Crippen LogP contribution is -2.48. The van der Waals surface area contributed by atoms with Crippen molar-refractivity contribution in [1.29, 1.82) is 0 Å². The quantitative estimate of drug-likeness (QED) is 0.496. The molecule has 6 heteroatoms. The zero-order valence-corrected chi connectivity index (χ0v) is 19.1. The lowest BCUT2D eigenvalue weighted by atomic mass is 9.73. The van der Waals surface area contributed by atoms with Crippen LogP contribution in [0.4, 0.5) is 0 Å². The molecule has 0 N–H and O–H groups in total. The van der Waals surface area contributed by atoms with Crippen LogP contribution in [0.5, 0.6) is 0 Å². The predicted octanol–water partition coefficient (Wildman–Crippen LogP) is 4.76. The summed E-state index contributed by atoms with van der Waals surface area (Å²) >= 11 is 1.69. The first kappa shape index (κ1) is 21.8. The third-order valence-electron chi connectivity index (χ3n) is 7.07. The molecule has 4 rings (SSSR count). The van der Waals surface area contributed by atoms with Crippen molar-refractivity contribution >= 4 is 23.2 Å². The Hall–Kier alpha value is -1.40. The molecule has 1 aliphatic carbocycles. The molecular weight excluding hydrogens is 398 g/mol. The summed E-state index contributed by atoms with van der Waals surface area (Å²) in [5.41, 5.74) is 0.870. The molecule has 30 heavy (non-hydrogen) atoms. The molecule has 2 fully saturated rings. The van der Waals surface area contributed by atoms with Crippen molar-refractivity contribution in [1.82, 2.24) is 4.90 Å². The lowest BCUT2D eigenvalue weighted by Gasteiger charge is -2.42. The number of aryl methyl sites for hydroxylation is 2. The fourth-order valence-corrected chi connectivity index (χ4v) is 6.47. The van der Waals surface area contributed by atoms with Crippen molar-refractivity contribution in [3.05, 3.63) is 21.4 Å². The van der Waals surface area contributed by atoms with E-state index >= 15 is 0 Å². The molecular formula is C24H35NO4S. The fraction of sp³-hybridized carbons (Fsp3) is 0.750. The van der Waals surface area contributed by atoms with Crippen molar-refractivity contribution in [2.24, 2.45) is 5.41 Å². The Labute approximate surface area is 184 Å². The van der Waals surface area contributed by atoms with E-state index in [9.17, 15) is 9.59 Å². The first-order valence-corrected chi connectivity index (χ1v) is 12.6. The Morgan fingerprint density at radius 2 is 1.97 bits per heavy atom. The van der Waals surface area contributed by atoms with Gasteiger partial charge in [-0.3, -0.25) is 9.59 Å². The number of hydrogen-bond donors (Lipinski definition) is 0. The number of likely N-dealkylation sites (tertiary alicyclic amines) is 1. The number of fused-ring (bicyclic) bond motifs is 1. The minimum absolute atomic E-state index is 0.103. The molecule has 1 aromatic rings. The van der Waals surface area contributed by atoms with Gasteiger partial charge in [-0.2, -0.15) is 0 Å². The molecule has 5 nitrogen and oxygen atoms in total. The van der Waals surface area contributed by atoms with Crippen LogP contribution in [0.2, 0.25) is 0 Å². The van der Waals surface area contributed by atoms with Gasteiger partial charge < -0.3 is 14.4 Å². The molecule has 166 valence electrons. The van der Waals surface area contributed by atoms with Crippen molar-refractivity contribution in [2.75, 3.05) is 26.3 Å². The Morgan fingerprint density at radius 1 is 1.17 bits per heavy atom. The van der Waals surface area contributed by atoms with Gasteiger partial charge >= 0.3 is 5.97 Å². The van der Waals surface area contributed by atoms with Gasteiger partial charge in [0.2, 0.25) is 0 Å². The van der Waals surface area contributed by atoms with Crippen LogP contribution in [0.1, 0.15) is 84.8 Å². The molecule has 0 spiro atoms. The molecule has 0 bridgehead atoms. The molecule has 0 aromatic carbocycles. The highest BCUT2D eigenvalue weighted by atomic mass is 32.1. The molecule has 0 saturated carbocycles. The number of esters is 1. The van der Waals surface area contributed by atoms with Gasteiger partial charge in [0.1, 0.15) is 0 Å². The Kier molecular flexibility index (Phi) is 7.14. The third-order valence-corrected chi connectivity index (χ3v) is 8.29. The summed E-state index contributed by atoms with van der Waals surface area (Å²) in [6.07, 6.45) is 11.5. The maximum Gasteiger partial charge on any atom is 0.312 e. The van der Waals surface area contributed by atoms with E-state index in [4.69, 9.17) is 9.47 Å². The van der Waals surface area contributed by atoms with Crippen molar-refractivity contribution in [3.63, 3.8) is 0 Å². The smallest absolute Gasteiger partial charge is 0.312 e. The predicted molar refractivity (Wildman–Crippen MR) is 118 cm³/mol. The molecule has 1 atom stereocenters. The normalized spacial score (nSPS) is 24.0. The summed E-state index contributed by atoms with van der Waals surface area (Å²) in [5, 5.41) is 0. The molecule has 2 aliphatic heterocycles. The number of rotatable bonds is 5. The van der Waals surface area contributed by atoms with Gasteiger partial charge in [-0.25, -0.2) is 0 Å². The lowest BCUT2D eigenvalue weighted by molar-refractivity contribution is -0.162. The van der Waals surface area contributed by atoms with Crippen LogP contribution in [-0.4, -0.2) is 49.2 Å². The topological polar surface area (TPSA) is 55.8 Å². The zero-order valence-electron chi connectivity index (χ0n) is 18.2. The van der Waals surface area contributed by atoms with E-state index in [0.29, 0.717) is 32.5 Å². The average molecular weight is 434 g/mol. The van der Waals surface area contributed by atoms with Gasteiger partial charge in [0.05, 0.1) is 23.0 Å². The van der Waals surface area contributed by atoms with Crippen LogP contribution < -0.4 is 0 Å². The summed E-state index contributed by atoms with van der Waals surface area (Å²) in [5.74, 6) is 0.0357. The standard InChI is InChI=1S/C24H35NO4S/c1-2-28-23(27)24(17-19-9-6-7-15-29-19)11-13-25(14-12-24)22(26)21-16-18-8-4-3-5-10-20(18)30-21/h16,19H,2-15,17H2,1H3. The highest BCUT2D eigenvalue weighted by Crippen LogP contribution is 2.40. The van der Waals surface area contributed by atoms with E-state index in [0.717, 1.165) is 50.0 Å². The number of nitrogens with zero attached hydrogens (tertiary/aromatic N) is 1. The maximum atomic E-state index is 13.2. The number of carbonyl (C=O) groups excluding carboxylic acids is 2. The molecule has 3 heterocycles. The second-order valence-corrected chi connectivity index (χ2v) is 10.2. The van der Waals surface area contributed by atoms with E-state index in [2.05, 4.69) is 6.07 Å². The fourth-order valence-electron chi connectivity index (χ4n) is 5.25. The molecule has 1 amide bonds. The highest BCUT2D eigenvalue weighted by Gasteiger charge is 2.45.